The van der Waals surface area contributed by atoms with Crippen LogP contribution in [0.4, 0.5) is 0 Å². The molecule has 2 atom stereocenters. The lowest BCUT2D eigenvalue weighted by atomic mass is 10.1. The minimum Gasteiger partial charge on any atom is -0.374 e. The number of piperazine rings is 1. The summed E-state index contributed by atoms with van der Waals surface area (Å²) < 4.78 is 5.97. The van der Waals surface area contributed by atoms with Crippen LogP contribution >= 0.6 is 24.0 Å². The van der Waals surface area contributed by atoms with Crippen molar-refractivity contribution in [3.63, 3.8) is 0 Å². The number of guanidine groups is 1. The topological polar surface area (TPSA) is 60.4 Å². The van der Waals surface area contributed by atoms with Crippen LogP contribution in [0.2, 0.25) is 0 Å². The van der Waals surface area contributed by atoms with Crippen LogP contribution in [0, 0.1) is 0 Å². The predicted octanol–water partition coefficient (Wildman–Crippen LogP) is 3.37. The Kier molecular flexibility index (Phi) is 12.5. The van der Waals surface area contributed by atoms with Gasteiger partial charge in [-0.3, -0.25) is 14.7 Å². The molecule has 0 spiro atoms. The van der Waals surface area contributed by atoms with Crippen molar-refractivity contribution in [1.82, 2.24) is 20.0 Å². The molecular weight excluding hydrogens is 529 g/mol. The Hall–Kier alpha value is -1.39. The first kappa shape index (κ1) is 27.9. The van der Waals surface area contributed by atoms with Gasteiger partial charge in [-0.2, -0.15) is 0 Å². The molecule has 1 aromatic carbocycles. The smallest absolute Gasteiger partial charge is 0.239 e. The number of halogens is 1. The molecule has 0 radical (unpaired) electrons. The summed E-state index contributed by atoms with van der Waals surface area (Å²) in [5, 5.41) is 3.43. The van der Waals surface area contributed by atoms with E-state index in [0.717, 1.165) is 77.6 Å². The molecule has 2 saturated heterocycles. The number of nitrogens with zero attached hydrogens (tertiary/aromatic N) is 4. The first-order valence-corrected chi connectivity index (χ1v) is 12.3. The molecule has 3 rings (SSSR count). The Balaban J connectivity index is 0.00000385. The van der Waals surface area contributed by atoms with Gasteiger partial charge in [-0.05, 0) is 45.6 Å². The number of ether oxygens (including phenoxy) is 1. The standard InChI is InChI=1S/C25H41N5O2.HI/c1-4-26-25(27-13-10-20-32-22(3)23-11-6-5-7-12-23)30-18-16-28(17-19-30)21(2)24(31)29-14-8-9-15-29;/h5-7,11-12,21-22H,4,8-10,13-20H2,1-3H3,(H,26,27);1H. The van der Waals surface area contributed by atoms with Crippen LogP contribution in [-0.2, 0) is 9.53 Å². The molecule has 33 heavy (non-hydrogen) atoms. The number of hydrogen-bond donors (Lipinski definition) is 1. The Morgan fingerprint density at radius 3 is 2.33 bits per heavy atom. The van der Waals surface area contributed by atoms with Gasteiger partial charge in [0.1, 0.15) is 0 Å². The van der Waals surface area contributed by atoms with Crippen molar-refractivity contribution in [2.45, 2.75) is 52.2 Å². The summed E-state index contributed by atoms with van der Waals surface area (Å²) in [6.07, 6.45) is 3.29. The van der Waals surface area contributed by atoms with Gasteiger partial charge in [-0.15, -0.1) is 24.0 Å². The SMILES string of the molecule is CCNC(=NCCCOC(C)c1ccccc1)N1CCN(C(C)C(=O)N2CCCC2)CC1.I. The Bertz CT molecular complexity index is 719. The van der Waals surface area contributed by atoms with Crippen LogP contribution < -0.4 is 5.32 Å². The summed E-state index contributed by atoms with van der Waals surface area (Å²) in [6, 6.07) is 10.3. The van der Waals surface area contributed by atoms with E-state index in [4.69, 9.17) is 9.73 Å². The van der Waals surface area contributed by atoms with E-state index in [-0.39, 0.29) is 36.1 Å². The molecule has 1 N–H and O–H groups in total. The number of amides is 1. The maximum Gasteiger partial charge on any atom is 0.239 e. The second kappa shape index (κ2) is 14.8. The van der Waals surface area contributed by atoms with Crippen molar-refractivity contribution in [2.24, 2.45) is 4.99 Å². The molecule has 2 heterocycles. The fourth-order valence-corrected chi connectivity index (χ4v) is 4.43. The summed E-state index contributed by atoms with van der Waals surface area (Å²) in [5.41, 5.74) is 1.21. The van der Waals surface area contributed by atoms with Crippen LogP contribution in [0.3, 0.4) is 0 Å². The number of rotatable bonds is 9. The summed E-state index contributed by atoms with van der Waals surface area (Å²) >= 11 is 0. The molecule has 2 aliphatic rings. The van der Waals surface area contributed by atoms with E-state index in [1.165, 1.54) is 5.56 Å². The van der Waals surface area contributed by atoms with Gasteiger partial charge in [0.2, 0.25) is 5.91 Å². The number of benzene rings is 1. The lowest BCUT2D eigenvalue weighted by Crippen LogP contribution is -2.57. The molecule has 2 fully saturated rings. The van der Waals surface area contributed by atoms with Gasteiger partial charge in [-0.1, -0.05) is 30.3 Å². The van der Waals surface area contributed by atoms with Crippen LogP contribution in [0.1, 0.15) is 51.7 Å². The monoisotopic (exact) mass is 571 g/mol. The van der Waals surface area contributed by atoms with E-state index >= 15 is 0 Å². The average Bonchev–Trinajstić information content (AvgIpc) is 3.38. The normalized spacial score (nSPS) is 19.2. The van der Waals surface area contributed by atoms with Crippen molar-refractivity contribution < 1.29 is 9.53 Å². The highest BCUT2D eigenvalue weighted by atomic mass is 127. The maximum atomic E-state index is 12.7. The third kappa shape index (κ3) is 8.40. The fourth-order valence-electron chi connectivity index (χ4n) is 4.43. The van der Waals surface area contributed by atoms with Crippen molar-refractivity contribution in [3.05, 3.63) is 35.9 Å². The lowest BCUT2D eigenvalue weighted by molar-refractivity contribution is -0.135. The van der Waals surface area contributed by atoms with Crippen LogP contribution in [0.15, 0.2) is 35.3 Å². The maximum absolute atomic E-state index is 12.7. The van der Waals surface area contributed by atoms with Crippen LogP contribution in [0.5, 0.6) is 0 Å². The van der Waals surface area contributed by atoms with Gasteiger partial charge >= 0.3 is 0 Å². The van der Waals surface area contributed by atoms with Crippen LogP contribution in [0.25, 0.3) is 0 Å². The molecular formula is C25H42IN5O2. The molecule has 2 aliphatic heterocycles. The molecule has 1 amide bonds. The van der Waals surface area contributed by atoms with Crippen molar-refractivity contribution >= 4 is 35.8 Å². The molecule has 2 unspecified atom stereocenters. The van der Waals surface area contributed by atoms with Crippen molar-refractivity contribution in [1.29, 1.82) is 0 Å². The van der Waals surface area contributed by atoms with Gasteiger partial charge in [-0.25, -0.2) is 0 Å². The van der Waals surface area contributed by atoms with E-state index in [9.17, 15) is 4.79 Å². The second-order valence-electron chi connectivity index (χ2n) is 8.74. The summed E-state index contributed by atoms with van der Waals surface area (Å²) in [7, 11) is 0. The Labute approximate surface area is 216 Å². The summed E-state index contributed by atoms with van der Waals surface area (Å²) in [4.78, 5) is 24.2. The fraction of sp³-hybridized carbons (Fsp3) is 0.680. The summed E-state index contributed by atoms with van der Waals surface area (Å²) in [6.45, 7) is 14.0. The highest BCUT2D eigenvalue weighted by molar-refractivity contribution is 14.0. The molecule has 0 aromatic heterocycles. The van der Waals surface area contributed by atoms with Gasteiger partial charge in [0, 0.05) is 59.0 Å². The molecule has 8 heteroatoms. The number of likely N-dealkylation sites (tertiary alicyclic amines) is 1. The number of aliphatic imine (C=N–C) groups is 1. The predicted molar refractivity (Wildman–Crippen MR) is 145 cm³/mol. The van der Waals surface area contributed by atoms with E-state index in [1.807, 2.05) is 23.1 Å². The molecule has 186 valence electrons. The highest BCUT2D eigenvalue weighted by Crippen LogP contribution is 2.16. The van der Waals surface area contributed by atoms with E-state index in [0.29, 0.717) is 12.5 Å². The van der Waals surface area contributed by atoms with E-state index < -0.39 is 0 Å². The second-order valence-corrected chi connectivity index (χ2v) is 8.74. The number of nitrogens with one attached hydrogen (secondary N) is 1. The number of carbonyl (C=O) groups excluding carboxylic acids is 1. The third-order valence-electron chi connectivity index (χ3n) is 6.47. The van der Waals surface area contributed by atoms with Crippen LogP contribution in [-0.4, -0.2) is 91.6 Å². The molecule has 0 bridgehead atoms. The lowest BCUT2D eigenvalue weighted by Gasteiger charge is -2.39. The van der Waals surface area contributed by atoms with Gasteiger partial charge in [0.15, 0.2) is 5.96 Å². The molecule has 0 aliphatic carbocycles. The zero-order valence-electron chi connectivity index (χ0n) is 20.5. The largest absolute Gasteiger partial charge is 0.374 e. The van der Waals surface area contributed by atoms with E-state index in [1.54, 1.807) is 0 Å². The van der Waals surface area contributed by atoms with E-state index in [2.05, 4.69) is 48.0 Å². The first-order chi connectivity index (χ1) is 15.6. The number of carbonyl (C=O) groups is 1. The Morgan fingerprint density at radius 1 is 1.03 bits per heavy atom. The quantitative estimate of drug-likeness (QED) is 0.213. The van der Waals surface area contributed by atoms with Crippen molar-refractivity contribution in [2.75, 3.05) is 59.0 Å². The zero-order chi connectivity index (χ0) is 22.8. The molecule has 7 nitrogen and oxygen atoms in total. The highest BCUT2D eigenvalue weighted by Gasteiger charge is 2.30. The average molecular weight is 572 g/mol. The minimum absolute atomic E-state index is 0. The first-order valence-electron chi connectivity index (χ1n) is 12.3. The summed E-state index contributed by atoms with van der Waals surface area (Å²) in [5.74, 6) is 1.27. The molecule has 1 aromatic rings. The van der Waals surface area contributed by atoms with Gasteiger partial charge in [0.05, 0.1) is 12.1 Å². The van der Waals surface area contributed by atoms with Crippen molar-refractivity contribution in [3.8, 4) is 0 Å². The third-order valence-corrected chi connectivity index (χ3v) is 6.47. The zero-order valence-corrected chi connectivity index (χ0v) is 22.9. The van der Waals surface area contributed by atoms with Gasteiger partial charge in [0.25, 0.3) is 0 Å². The molecule has 0 saturated carbocycles. The minimum atomic E-state index is -0.0291. The number of hydrogen-bond acceptors (Lipinski definition) is 4. The van der Waals surface area contributed by atoms with Gasteiger partial charge < -0.3 is 19.9 Å². The Morgan fingerprint density at radius 2 is 1.70 bits per heavy atom.